The van der Waals surface area contributed by atoms with Crippen LogP contribution in [0.25, 0.3) is 0 Å². The number of methoxy groups -OCH3 is 2. The molecule has 3 rings (SSSR count). The number of sulfonamides is 1. The lowest BCUT2D eigenvalue weighted by molar-refractivity contribution is -0.139. The molecule has 42 heavy (non-hydrogen) atoms. The number of carbonyl (C=O) groups excluding carboxylic acids is 2. The van der Waals surface area contributed by atoms with Gasteiger partial charge in [-0.25, -0.2) is 8.42 Å². The normalized spacial score (nSPS) is 12.6. The van der Waals surface area contributed by atoms with Crippen LogP contribution in [0.1, 0.15) is 38.3 Å². The van der Waals surface area contributed by atoms with E-state index in [2.05, 4.69) is 5.32 Å². The molecular weight excluding hydrogens is 578 g/mol. The summed E-state index contributed by atoms with van der Waals surface area (Å²) in [5.74, 6) is 0.0914. The van der Waals surface area contributed by atoms with Crippen LogP contribution < -0.4 is 19.1 Å². The fourth-order valence-electron chi connectivity index (χ4n) is 4.15. The molecule has 2 atom stereocenters. The summed E-state index contributed by atoms with van der Waals surface area (Å²) in [6, 6.07) is 17.0. The summed E-state index contributed by atoms with van der Waals surface area (Å²) in [7, 11) is -1.21. The quantitative estimate of drug-likeness (QED) is 0.284. The van der Waals surface area contributed by atoms with E-state index in [1.54, 1.807) is 50.4 Å². The van der Waals surface area contributed by atoms with Crippen LogP contribution in [-0.4, -0.2) is 58.0 Å². The molecule has 2 amide bonds. The molecule has 9 nitrogen and oxygen atoms in total. The lowest BCUT2D eigenvalue weighted by atomic mass is 10.1. The number of benzene rings is 3. The number of halogens is 1. The molecule has 3 aromatic rings. The van der Waals surface area contributed by atoms with E-state index in [0.717, 1.165) is 15.4 Å². The number of anilines is 1. The zero-order valence-electron chi connectivity index (χ0n) is 24.8. The first-order chi connectivity index (χ1) is 19.9. The van der Waals surface area contributed by atoms with Gasteiger partial charge in [0.25, 0.3) is 10.0 Å². The first kappa shape index (κ1) is 32.8. The monoisotopic (exact) mass is 615 g/mol. The molecule has 0 aliphatic rings. The minimum absolute atomic E-state index is 0.0112. The highest BCUT2D eigenvalue weighted by molar-refractivity contribution is 7.92. The molecule has 0 unspecified atom stereocenters. The van der Waals surface area contributed by atoms with Gasteiger partial charge < -0.3 is 19.7 Å². The predicted molar refractivity (Wildman–Crippen MR) is 165 cm³/mol. The van der Waals surface area contributed by atoms with Crippen LogP contribution in [0, 0.1) is 6.92 Å². The van der Waals surface area contributed by atoms with Gasteiger partial charge in [0.05, 0.1) is 29.8 Å². The Hall–Kier alpha value is -3.76. The number of carbonyl (C=O) groups is 2. The molecule has 1 N–H and O–H groups in total. The van der Waals surface area contributed by atoms with Gasteiger partial charge >= 0.3 is 0 Å². The van der Waals surface area contributed by atoms with E-state index in [1.807, 2.05) is 20.8 Å². The summed E-state index contributed by atoms with van der Waals surface area (Å²) < 4.78 is 39.4. The van der Waals surface area contributed by atoms with Gasteiger partial charge in [0.2, 0.25) is 11.8 Å². The molecule has 11 heteroatoms. The van der Waals surface area contributed by atoms with Gasteiger partial charge in [-0.05, 0) is 75.2 Å². The van der Waals surface area contributed by atoms with Crippen LogP contribution in [0.3, 0.4) is 0 Å². The minimum Gasteiger partial charge on any atom is -0.497 e. The standard InChI is InChI=1S/C31H38ClN3O6S/c1-7-22(3)33-31(37)23(4)34(19-24-10-13-26(40-5)14-11-24)30(36)20-35(25-12-17-29(41-6)28(32)18-25)42(38,39)27-15-8-21(2)9-16-27/h8-18,22-23H,7,19-20H2,1-6H3,(H,33,37)/t22-,23+/m1/s1. The number of nitrogens with one attached hydrogen (secondary N) is 1. The van der Waals surface area contributed by atoms with Crippen molar-refractivity contribution in [1.82, 2.24) is 10.2 Å². The SMILES string of the molecule is CC[C@@H](C)NC(=O)[C@H](C)N(Cc1ccc(OC)cc1)C(=O)CN(c1ccc(OC)c(Cl)c1)S(=O)(=O)c1ccc(C)cc1. The van der Waals surface area contributed by atoms with Crippen LogP contribution >= 0.6 is 11.6 Å². The van der Waals surface area contributed by atoms with E-state index >= 15 is 0 Å². The van der Waals surface area contributed by atoms with Crippen LogP contribution in [-0.2, 0) is 26.2 Å². The number of amides is 2. The Labute approximate surface area is 253 Å². The smallest absolute Gasteiger partial charge is 0.264 e. The molecule has 0 fully saturated rings. The summed E-state index contributed by atoms with van der Waals surface area (Å²) >= 11 is 6.37. The Morgan fingerprint density at radius 2 is 1.60 bits per heavy atom. The summed E-state index contributed by atoms with van der Waals surface area (Å²) in [4.78, 5) is 28.6. The second-order valence-corrected chi connectivity index (χ2v) is 12.3. The van der Waals surface area contributed by atoms with Crippen molar-refractivity contribution in [3.05, 3.63) is 82.9 Å². The van der Waals surface area contributed by atoms with Crippen molar-refractivity contribution in [3.63, 3.8) is 0 Å². The zero-order valence-corrected chi connectivity index (χ0v) is 26.3. The number of aryl methyl sites for hydroxylation is 1. The summed E-state index contributed by atoms with van der Waals surface area (Å²) in [6.45, 7) is 6.80. The van der Waals surface area contributed by atoms with Crippen LogP contribution in [0.5, 0.6) is 11.5 Å². The fourth-order valence-corrected chi connectivity index (χ4v) is 5.81. The highest BCUT2D eigenvalue weighted by Gasteiger charge is 2.33. The Balaban J connectivity index is 2.05. The van der Waals surface area contributed by atoms with Crippen molar-refractivity contribution in [2.45, 2.75) is 57.6 Å². The van der Waals surface area contributed by atoms with Gasteiger partial charge in [-0.3, -0.25) is 13.9 Å². The van der Waals surface area contributed by atoms with Gasteiger partial charge in [-0.15, -0.1) is 0 Å². The van der Waals surface area contributed by atoms with Crippen molar-refractivity contribution in [3.8, 4) is 11.5 Å². The molecule has 0 spiro atoms. The van der Waals surface area contributed by atoms with Gasteiger partial charge in [-0.2, -0.15) is 0 Å². The minimum atomic E-state index is -4.22. The highest BCUT2D eigenvalue weighted by atomic mass is 35.5. The maximum atomic E-state index is 14.1. The Morgan fingerprint density at radius 1 is 0.952 bits per heavy atom. The maximum absolute atomic E-state index is 14.1. The fraction of sp³-hybridized carbons (Fsp3) is 0.355. The van der Waals surface area contributed by atoms with Gasteiger partial charge in [0.15, 0.2) is 0 Å². The first-order valence-electron chi connectivity index (χ1n) is 13.6. The molecule has 0 aliphatic heterocycles. The largest absolute Gasteiger partial charge is 0.497 e. The molecule has 0 heterocycles. The molecule has 0 saturated heterocycles. The van der Waals surface area contributed by atoms with Gasteiger partial charge in [0, 0.05) is 12.6 Å². The van der Waals surface area contributed by atoms with Crippen molar-refractivity contribution in [2.24, 2.45) is 0 Å². The van der Waals surface area contributed by atoms with Crippen molar-refractivity contribution in [2.75, 3.05) is 25.1 Å². The molecule has 0 aliphatic carbocycles. The van der Waals surface area contributed by atoms with Crippen molar-refractivity contribution >= 4 is 39.1 Å². The second kappa shape index (κ2) is 14.4. The summed E-state index contributed by atoms with van der Waals surface area (Å²) in [5, 5.41) is 3.10. The molecule has 0 saturated carbocycles. The molecule has 226 valence electrons. The lowest BCUT2D eigenvalue weighted by Gasteiger charge is -2.32. The van der Waals surface area contributed by atoms with Gasteiger partial charge in [-0.1, -0.05) is 48.4 Å². The number of ether oxygens (including phenoxy) is 2. The summed E-state index contributed by atoms with van der Waals surface area (Å²) in [6.07, 6.45) is 0.714. The van der Waals surface area contributed by atoms with E-state index in [-0.39, 0.29) is 34.1 Å². The molecule has 0 radical (unpaired) electrons. The van der Waals surface area contributed by atoms with E-state index in [9.17, 15) is 18.0 Å². The van der Waals surface area contributed by atoms with E-state index in [1.165, 1.54) is 42.3 Å². The third-order valence-corrected chi connectivity index (χ3v) is 9.07. The first-order valence-corrected chi connectivity index (χ1v) is 15.4. The Morgan fingerprint density at radius 3 is 2.14 bits per heavy atom. The molecule has 0 aromatic heterocycles. The Bertz CT molecular complexity index is 1480. The number of hydrogen-bond donors (Lipinski definition) is 1. The van der Waals surface area contributed by atoms with Crippen molar-refractivity contribution < 1.29 is 27.5 Å². The average molecular weight is 616 g/mol. The predicted octanol–water partition coefficient (Wildman–Crippen LogP) is 5.19. The molecule has 3 aromatic carbocycles. The van der Waals surface area contributed by atoms with Crippen LogP contribution in [0.2, 0.25) is 5.02 Å². The van der Waals surface area contributed by atoms with Crippen molar-refractivity contribution in [1.29, 1.82) is 0 Å². The highest BCUT2D eigenvalue weighted by Crippen LogP contribution is 2.32. The third-order valence-electron chi connectivity index (χ3n) is 6.99. The van der Waals surface area contributed by atoms with E-state index in [4.69, 9.17) is 21.1 Å². The van der Waals surface area contributed by atoms with E-state index in [0.29, 0.717) is 17.9 Å². The number of rotatable bonds is 13. The number of hydrogen-bond acceptors (Lipinski definition) is 6. The zero-order chi connectivity index (χ0) is 31.0. The summed E-state index contributed by atoms with van der Waals surface area (Å²) in [5.41, 5.74) is 1.81. The second-order valence-electron chi connectivity index (χ2n) is 10.0. The van der Waals surface area contributed by atoms with E-state index < -0.39 is 28.5 Å². The molecule has 0 bridgehead atoms. The Kier molecular flexibility index (Phi) is 11.2. The third kappa shape index (κ3) is 7.95. The lowest BCUT2D eigenvalue weighted by Crippen LogP contribution is -2.52. The van der Waals surface area contributed by atoms with Crippen LogP contribution in [0.4, 0.5) is 5.69 Å². The van der Waals surface area contributed by atoms with Gasteiger partial charge in [0.1, 0.15) is 24.1 Å². The topological polar surface area (TPSA) is 105 Å². The van der Waals surface area contributed by atoms with Crippen LogP contribution in [0.15, 0.2) is 71.6 Å². The molecular formula is C31H38ClN3O6S. The number of nitrogens with zero attached hydrogens (tertiary/aromatic N) is 2. The average Bonchev–Trinajstić information content (AvgIpc) is 2.98. The maximum Gasteiger partial charge on any atom is 0.264 e.